The third-order valence-corrected chi connectivity index (χ3v) is 9.47. The van der Waals surface area contributed by atoms with Gasteiger partial charge in [-0.05, 0) is 63.6 Å². The fourth-order valence-corrected chi connectivity index (χ4v) is 6.87. The molecule has 0 amide bonds. The zero-order valence-corrected chi connectivity index (χ0v) is 29.3. The number of nitrogens with one attached hydrogen (secondary N) is 1. The van der Waals surface area contributed by atoms with E-state index in [0.29, 0.717) is 34.4 Å². The number of hydrogen-bond acceptors (Lipinski definition) is 10. The van der Waals surface area contributed by atoms with Gasteiger partial charge in [0.1, 0.15) is 41.9 Å². The van der Waals surface area contributed by atoms with E-state index in [-0.39, 0.29) is 18.2 Å². The average molecular weight is 678 g/mol. The van der Waals surface area contributed by atoms with E-state index in [2.05, 4.69) is 10.1 Å². The van der Waals surface area contributed by atoms with Crippen LogP contribution in [0, 0.1) is 5.92 Å². The van der Waals surface area contributed by atoms with Crippen LogP contribution in [0.4, 0.5) is 5.82 Å². The molecule has 2 aromatic heterocycles. The van der Waals surface area contributed by atoms with Crippen molar-refractivity contribution in [2.45, 2.75) is 72.4 Å². The van der Waals surface area contributed by atoms with Gasteiger partial charge in [-0.3, -0.25) is 13.9 Å². The number of anilines is 1. The lowest BCUT2D eigenvalue weighted by atomic mass is 9.99. The summed E-state index contributed by atoms with van der Waals surface area (Å²) < 4.78 is 39.7. The van der Waals surface area contributed by atoms with Crippen molar-refractivity contribution in [1.82, 2.24) is 19.6 Å². The van der Waals surface area contributed by atoms with Crippen molar-refractivity contribution in [1.29, 1.82) is 0 Å². The Balaban J connectivity index is 1.59. The normalized spacial score (nSPS) is 15.4. The number of fused-ring (bicyclic) bond motifs is 4. The minimum atomic E-state index is -4.40. The lowest BCUT2D eigenvalue weighted by Gasteiger charge is -2.36. The van der Waals surface area contributed by atoms with Gasteiger partial charge in [0, 0.05) is 17.9 Å². The maximum Gasteiger partial charge on any atom is 0.459 e. The monoisotopic (exact) mass is 677 g/mol. The van der Waals surface area contributed by atoms with Crippen LogP contribution in [-0.4, -0.2) is 50.5 Å². The molecule has 0 unspecified atom stereocenters. The summed E-state index contributed by atoms with van der Waals surface area (Å²) in [4.78, 5) is 22.3. The first-order valence-corrected chi connectivity index (χ1v) is 17.5. The number of benzene rings is 3. The molecule has 3 aromatic carbocycles. The Morgan fingerprint density at radius 3 is 2.40 bits per heavy atom. The molecule has 256 valence electrons. The van der Waals surface area contributed by atoms with Crippen LogP contribution in [0.3, 0.4) is 0 Å². The number of pyridine rings is 1. The van der Waals surface area contributed by atoms with E-state index < -0.39 is 43.6 Å². The lowest BCUT2D eigenvalue weighted by Crippen LogP contribution is -2.45. The summed E-state index contributed by atoms with van der Waals surface area (Å²) in [6, 6.07) is 19.2. The second kappa shape index (κ2) is 13.8. The molecule has 13 heteroatoms. The number of nitrogens with two attached hydrogens (primary N) is 1. The SMILES string of the molecule is CCOCc1nc2c(N)nc3ccccc3c2n1[C@@](O)(CO[P@@](=O)(N[C@@H](C)C(=O)OC(C)(C)C)Oc1ccc2ccccc2c1)C(C)C. The summed E-state index contributed by atoms with van der Waals surface area (Å²) in [6.45, 7) is 12.1. The summed E-state index contributed by atoms with van der Waals surface area (Å²) in [5.74, 6) is -0.381. The van der Waals surface area contributed by atoms with E-state index in [4.69, 9.17) is 29.2 Å². The molecular formula is C35H44N5O7P. The topological polar surface area (TPSA) is 160 Å². The van der Waals surface area contributed by atoms with E-state index in [1.54, 1.807) is 51.3 Å². The Labute approximate surface area is 280 Å². The third kappa shape index (κ3) is 7.48. The fourth-order valence-electron chi connectivity index (χ4n) is 5.36. The highest BCUT2D eigenvalue weighted by Crippen LogP contribution is 2.48. The maximum absolute atomic E-state index is 14.7. The molecule has 0 radical (unpaired) electrons. The Bertz CT molecular complexity index is 1990. The van der Waals surface area contributed by atoms with Crippen molar-refractivity contribution in [2.75, 3.05) is 18.9 Å². The lowest BCUT2D eigenvalue weighted by molar-refractivity contribution is -0.156. The molecule has 12 nitrogen and oxygen atoms in total. The molecule has 0 aliphatic heterocycles. The standard InChI is InChI=1S/C35H44N5O7P/c1-8-44-20-29-38-30-31(27-15-11-12-16-28(27)37-32(30)36)40(29)35(42,22(2)3)21-45-48(43,39-23(4)33(41)46-34(5,6)7)47-26-18-17-24-13-9-10-14-25(24)19-26/h9-19,22-23,42H,8,20-21H2,1-7H3,(H2,36,37)(H,39,43)/t23-,35+,48-/m0/s1. The first-order valence-electron chi connectivity index (χ1n) is 15.9. The zero-order chi connectivity index (χ0) is 34.9. The van der Waals surface area contributed by atoms with E-state index in [0.717, 1.165) is 10.8 Å². The number of para-hydroxylation sites is 1. The molecule has 4 N–H and O–H groups in total. The molecule has 5 rings (SSSR count). The second-order valence-electron chi connectivity index (χ2n) is 13.0. The Morgan fingerprint density at radius 2 is 1.71 bits per heavy atom. The van der Waals surface area contributed by atoms with Crippen molar-refractivity contribution < 1.29 is 33.0 Å². The molecular weight excluding hydrogens is 633 g/mol. The summed E-state index contributed by atoms with van der Waals surface area (Å²) >= 11 is 0. The zero-order valence-electron chi connectivity index (χ0n) is 28.4. The molecule has 2 heterocycles. The van der Waals surface area contributed by atoms with Gasteiger partial charge >= 0.3 is 13.7 Å². The third-order valence-electron chi connectivity index (χ3n) is 7.84. The van der Waals surface area contributed by atoms with Crippen molar-refractivity contribution in [3.05, 3.63) is 72.6 Å². The average Bonchev–Trinajstić information content (AvgIpc) is 3.42. The number of aromatic nitrogens is 3. The van der Waals surface area contributed by atoms with Crippen LogP contribution in [0.2, 0.25) is 0 Å². The van der Waals surface area contributed by atoms with E-state index >= 15 is 0 Å². The summed E-state index contributed by atoms with van der Waals surface area (Å²) in [7, 11) is -4.40. The largest absolute Gasteiger partial charge is 0.459 e. The predicted octanol–water partition coefficient (Wildman–Crippen LogP) is 6.68. The first kappa shape index (κ1) is 35.3. The number of carbonyl (C=O) groups excluding carboxylic acids is 1. The van der Waals surface area contributed by atoms with Crippen molar-refractivity contribution in [3.63, 3.8) is 0 Å². The molecule has 0 saturated carbocycles. The molecule has 0 spiro atoms. The van der Waals surface area contributed by atoms with Crippen LogP contribution in [0.25, 0.3) is 32.7 Å². The number of nitrogens with zero attached hydrogens (tertiary/aromatic N) is 3. The molecule has 5 aromatic rings. The molecule has 0 saturated heterocycles. The van der Waals surface area contributed by atoms with Gasteiger partial charge in [0.15, 0.2) is 11.5 Å². The number of carbonyl (C=O) groups is 1. The van der Waals surface area contributed by atoms with Crippen molar-refractivity contribution in [2.24, 2.45) is 5.92 Å². The van der Waals surface area contributed by atoms with Crippen LogP contribution < -0.4 is 15.3 Å². The molecule has 0 aliphatic rings. The molecule has 48 heavy (non-hydrogen) atoms. The molecule has 0 fully saturated rings. The van der Waals surface area contributed by atoms with Crippen molar-refractivity contribution in [3.8, 4) is 5.75 Å². The van der Waals surface area contributed by atoms with Gasteiger partial charge in [0.05, 0.1) is 11.0 Å². The predicted molar refractivity (Wildman–Crippen MR) is 186 cm³/mol. The van der Waals surface area contributed by atoms with Gasteiger partial charge in [-0.1, -0.05) is 62.4 Å². The van der Waals surface area contributed by atoms with Gasteiger partial charge in [0.25, 0.3) is 0 Å². The summed E-state index contributed by atoms with van der Waals surface area (Å²) in [6.07, 6.45) is 0. The van der Waals surface area contributed by atoms with E-state index in [9.17, 15) is 14.5 Å². The summed E-state index contributed by atoms with van der Waals surface area (Å²) in [5.41, 5.74) is 5.25. The van der Waals surface area contributed by atoms with Crippen LogP contribution in [0.1, 0.15) is 54.3 Å². The quantitative estimate of drug-likeness (QED) is 0.0901. The molecule has 3 atom stereocenters. The number of rotatable bonds is 13. The second-order valence-corrected chi connectivity index (χ2v) is 14.7. The Hall–Kier alpha value is -4.06. The Morgan fingerprint density at radius 1 is 1.02 bits per heavy atom. The number of ether oxygens (including phenoxy) is 2. The van der Waals surface area contributed by atoms with E-state index in [1.807, 2.05) is 61.5 Å². The van der Waals surface area contributed by atoms with Crippen molar-refractivity contribution >= 4 is 52.2 Å². The van der Waals surface area contributed by atoms with Gasteiger partial charge in [0.2, 0.25) is 0 Å². The first-order chi connectivity index (χ1) is 22.6. The highest BCUT2D eigenvalue weighted by Gasteiger charge is 2.42. The fraction of sp³-hybridized carbons (Fsp3) is 0.400. The number of hydrogen-bond donors (Lipinski definition) is 3. The number of imidazole rings is 1. The van der Waals surface area contributed by atoms with Crippen LogP contribution in [0.5, 0.6) is 5.75 Å². The highest BCUT2D eigenvalue weighted by atomic mass is 31.2. The van der Waals surface area contributed by atoms with Crippen LogP contribution in [0.15, 0.2) is 66.7 Å². The number of aliphatic hydroxyl groups is 1. The van der Waals surface area contributed by atoms with Crippen LogP contribution >= 0.6 is 7.75 Å². The van der Waals surface area contributed by atoms with Gasteiger partial charge in [-0.15, -0.1) is 0 Å². The minimum Gasteiger partial charge on any atom is -0.459 e. The van der Waals surface area contributed by atoms with Gasteiger partial charge < -0.3 is 24.8 Å². The highest BCUT2D eigenvalue weighted by molar-refractivity contribution is 7.52. The van der Waals surface area contributed by atoms with Gasteiger partial charge in [-0.25, -0.2) is 14.5 Å². The smallest absolute Gasteiger partial charge is 0.459 e. The summed E-state index contributed by atoms with van der Waals surface area (Å²) in [5, 5.41) is 17.9. The van der Waals surface area contributed by atoms with E-state index in [1.165, 1.54) is 6.92 Å². The maximum atomic E-state index is 14.7. The van der Waals surface area contributed by atoms with Crippen LogP contribution in [-0.2, 0) is 35.7 Å². The number of esters is 1. The minimum absolute atomic E-state index is 0.0488. The molecule has 0 aliphatic carbocycles. The molecule has 0 bridgehead atoms. The Kier molecular flexibility index (Phi) is 10.1. The number of nitrogen functional groups attached to an aromatic ring is 1. The van der Waals surface area contributed by atoms with Gasteiger partial charge in [-0.2, -0.15) is 5.09 Å².